The number of hydrogen-bond donors (Lipinski definition) is 0. The molecule has 0 N–H and O–H groups in total. The standard InChI is InChI=1S/C15H13FO2/c1-9-7-10(4-5-13(9)16)15(17)12-8-11(12)14-3-2-6-18-14/h2-7,11-12H,8H2,1H3. The van der Waals surface area contributed by atoms with Gasteiger partial charge in [-0.05, 0) is 49.2 Å². The highest BCUT2D eigenvalue weighted by Crippen LogP contribution is 2.49. The van der Waals surface area contributed by atoms with E-state index in [1.165, 1.54) is 6.07 Å². The molecule has 0 saturated heterocycles. The number of Topliss-reactive ketones (excluding diaryl/α,β-unsaturated/α-hetero) is 1. The number of halogens is 1. The molecule has 1 saturated carbocycles. The molecule has 0 radical (unpaired) electrons. The summed E-state index contributed by atoms with van der Waals surface area (Å²) in [5, 5.41) is 0. The van der Waals surface area contributed by atoms with E-state index in [1.807, 2.05) is 12.1 Å². The van der Waals surface area contributed by atoms with Gasteiger partial charge in [-0.15, -0.1) is 0 Å². The van der Waals surface area contributed by atoms with Gasteiger partial charge in [-0.25, -0.2) is 4.39 Å². The Morgan fingerprint density at radius 3 is 2.89 bits per heavy atom. The van der Waals surface area contributed by atoms with E-state index in [1.54, 1.807) is 25.3 Å². The molecule has 1 aromatic carbocycles. The predicted octanol–water partition coefficient (Wildman–Crippen LogP) is 3.71. The number of carbonyl (C=O) groups excluding carboxylic acids is 1. The molecule has 2 nitrogen and oxygen atoms in total. The average molecular weight is 244 g/mol. The number of rotatable bonds is 3. The first-order valence-electron chi connectivity index (χ1n) is 6.00. The van der Waals surface area contributed by atoms with Crippen LogP contribution in [0.1, 0.15) is 34.0 Å². The molecule has 0 amide bonds. The van der Waals surface area contributed by atoms with Gasteiger partial charge in [0.05, 0.1) is 6.26 Å². The zero-order valence-electron chi connectivity index (χ0n) is 10.0. The summed E-state index contributed by atoms with van der Waals surface area (Å²) < 4.78 is 18.5. The Bertz CT molecular complexity index is 587. The van der Waals surface area contributed by atoms with Gasteiger partial charge in [-0.2, -0.15) is 0 Å². The predicted molar refractivity (Wildman–Crippen MR) is 65.0 cm³/mol. The zero-order valence-corrected chi connectivity index (χ0v) is 10.0. The molecular formula is C15H13FO2. The van der Waals surface area contributed by atoms with E-state index in [0.29, 0.717) is 11.1 Å². The molecule has 0 bridgehead atoms. The van der Waals surface area contributed by atoms with E-state index in [0.717, 1.165) is 12.2 Å². The number of ketones is 1. The van der Waals surface area contributed by atoms with E-state index in [9.17, 15) is 9.18 Å². The summed E-state index contributed by atoms with van der Waals surface area (Å²) in [7, 11) is 0. The van der Waals surface area contributed by atoms with Crippen molar-refractivity contribution in [2.45, 2.75) is 19.3 Å². The van der Waals surface area contributed by atoms with Crippen LogP contribution in [0, 0.1) is 18.7 Å². The van der Waals surface area contributed by atoms with Crippen molar-refractivity contribution < 1.29 is 13.6 Å². The molecule has 1 aliphatic rings. The van der Waals surface area contributed by atoms with Crippen molar-refractivity contribution in [3.63, 3.8) is 0 Å². The molecule has 1 aliphatic carbocycles. The minimum absolute atomic E-state index is 0.0130. The molecule has 2 unspecified atom stereocenters. The Kier molecular flexibility index (Phi) is 2.54. The topological polar surface area (TPSA) is 30.2 Å². The number of carbonyl (C=O) groups is 1. The van der Waals surface area contributed by atoms with E-state index >= 15 is 0 Å². The maximum absolute atomic E-state index is 13.2. The summed E-state index contributed by atoms with van der Waals surface area (Å²) in [6.45, 7) is 1.67. The zero-order chi connectivity index (χ0) is 12.7. The van der Waals surface area contributed by atoms with Crippen LogP contribution < -0.4 is 0 Å². The minimum atomic E-state index is -0.273. The van der Waals surface area contributed by atoms with Crippen molar-refractivity contribution in [3.05, 3.63) is 59.3 Å². The Morgan fingerprint density at radius 1 is 1.39 bits per heavy atom. The normalized spacial score (nSPS) is 21.9. The first kappa shape index (κ1) is 11.2. The van der Waals surface area contributed by atoms with Gasteiger partial charge in [0.25, 0.3) is 0 Å². The SMILES string of the molecule is Cc1cc(C(=O)C2CC2c2ccco2)ccc1F. The third-order valence-electron chi connectivity index (χ3n) is 3.48. The van der Waals surface area contributed by atoms with Crippen LogP contribution in [-0.4, -0.2) is 5.78 Å². The molecule has 3 rings (SSSR count). The Balaban J connectivity index is 1.78. The second-order valence-electron chi connectivity index (χ2n) is 4.79. The van der Waals surface area contributed by atoms with Gasteiger partial charge in [-0.1, -0.05) is 0 Å². The van der Waals surface area contributed by atoms with Gasteiger partial charge in [0.15, 0.2) is 5.78 Å². The first-order chi connectivity index (χ1) is 8.66. The Labute approximate surface area is 104 Å². The Morgan fingerprint density at radius 2 is 2.22 bits per heavy atom. The molecule has 0 aliphatic heterocycles. The first-order valence-corrected chi connectivity index (χ1v) is 6.00. The van der Waals surface area contributed by atoms with Gasteiger partial charge >= 0.3 is 0 Å². The summed E-state index contributed by atoms with van der Waals surface area (Å²) in [6, 6.07) is 8.26. The lowest BCUT2D eigenvalue weighted by molar-refractivity contribution is 0.0964. The molecule has 1 fully saturated rings. The van der Waals surface area contributed by atoms with Crippen molar-refractivity contribution in [2.75, 3.05) is 0 Å². The van der Waals surface area contributed by atoms with Crippen LogP contribution >= 0.6 is 0 Å². The highest BCUT2D eigenvalue weighted by atomic mass is 19.1. The number of benzene rings is 1. The number of aryl methyl sites for hydroxylation is 1. The fraction of sp³-hybridized carbons (Fsp3) is 0.267. The molecule has 2 aromatic rings. The lowest BCUT2D eigenvalue weighted by Crippen LogP contribution is -2.04. The van der Waals surface area contributed by atoms with Crippen molar-refractivity contribution in [2.24, 2.45) is 5.92 Å². The lowest BCUT2D eigenvalue weighted by atomic mass is 10.0. The maximum Gasteiger partial charge on any atom is 0.166 e. The second-order valence-corrected chi connectivity index (χ2v) is 4.79. The summed E-state index contributed by atoms with van der Waals surface area (Å²) >= 11 is 0. The highest BCUT2D eigenvalue weighted by molar-refractivity contribution is 6.00. The summed E-state index contributed by atoms with van der Waals surface area (Å²) in [5.41, 5.74) is 1.10. The van der Waals surface area contributed by atoms with Crippen molar-refractivity contribution >= 4 is 5.78 Å². The average Bonchev–Trinajstić information content (AvgIpc) is 2.98. The van der Waals surface area contributed by atoms with E-state index < -0.39 is 0 Å². The van der Waals surface area contributed by atoms with Crippen molar-refractivity contribution in [3.8, 4) is 0 Å². The van der Waals surface area contributed by atoms with Gasteiger partial charge in [-0.3, -0.25) is 4.79 Å². The van der Waals surface area contributed by atoms with Crippen LogP contribution in [0.25, 0.3) is 0 Å². The quantitative estimate of drug-likeness (QED) is 0.770. The second kappa shape index (κ2) is 4.09. The number of hydrogen-bond acceptors (Lipinski definition) is 2. The highest BCUT2D eigenvalue weighted by Gasteiger charge is 2.45. The van der Waals surface area contributed by atoms with Gasteiger partial charge in [0.1, 0.15) is 11.6 Å². The van der Waals surface area contributed by atoms with Crippen LogP contribution in [0.5, 0.6) is 0 Å². The summed E-state index contributed by atoms with van der Waals surface area (Å²) in [4.78, 5) is 12.2. The van der Waals surface area contributed by atoms with Gasteiger partial charge < -0.3 is 4.42 Å². The Hall–Kier alpha value is -1.90. The van der Waals surface area contributed by atoms with Gasteiger partial charge in [0, 0.05) is 17.4 Å². The molecule has 18 heavy (non-hydrogen) atoms. The fourth-order valence-corrected chi connectivity index (χ4v) is 2.31. The molecule has 0 spiro atoms. The lowest BCUT2D eigenvalue weighted by Gasteiger charge is -2.02. The molecule has 1 heterocycles. The van der Waals surface area contributed by atoms with Crippen molar-refractivity contribution in [1.82, 2.24) is 0 Å². The summed E-state index contributed by atoms with van der Waals surface area (Å²) in [6.07, 6.45) is 2.44. The molecule has 2 atom stereocenters. The van der Waals surface area contributed by atoms with Crippen LogP contribution in [-0.2, 0) is 0 Å². The van der Waals surface area contributed by atoms with Gasteiger partial charge in [0.2, 0.25) is 0 Å². The molecule has 1 aromatic heterocycles. The van der Waals surface area contributed by atoms with E-state index in [-0.39, 0.29) is 23.4 Å². The van der Waals surface area contributed by atoms with E-state index in [2.05, 4.69) is 0 Å². The minimum Gasteiger partial charge on any atom is -0.469 e. The summed E-state index contributed by atoms with van der Waals surface area (Å²) in [5.74, 6) is 0.857. The number of furan rings is 1. The third kappa shape index (κ3) is 1.86. The smallest absolute Gasteiger partial charge is 0.166 e. The van der Waals surface area contributed by atoms with Crippen LogP contribution in [0.15, 0.2) is 41.0 Å². The van der Waals surface area contributed by atoms with Crippen molar-refractivity contribution in [1.29, 1.82) is 0 Å². The monoisotopic (exact) mass is 244 g/mol. The molecule has 92 valence electrons. The molecular weight excluding hydrogens is 231 g/mol. The molecule has 3 heteroatoms. The largest absolute Gasteiger partial charge is 0.469 e. The van der Waals surface area contributed by atoms with Crippen LogP contribution in [0.3, 0.4) is 0 Å². The van der Waals surface area contributed by atoms with Crippen LogP contribution in [0.2, 0.25) is 0 Å². The van der Waals surface area contributed by atoms with Crippen LogP contribution in [0.4, 0.5) is 4.39 Å². The fourth-order valence-electron chi connectivity index (χ4n) is 2.31. The maximum atomic E-state index is 13.2. The van der Waals surface area contributed by atoms with E-state index in [4.69, 9.17) is 4.42 Å². The third-order valence-corrected chi connectivity index (χ3v) is 3.48.